The summed E-state index contributed by atoms with van der Waals surface area (Å²) >= 11 is 0. The van der Waals surface area contributed by atoms with Gasteiger partial charge in [-0.1, -0.05) is 12.1 Å². The Morgan fingerprint density at radius 1 is 1.22 bits per heavy atom. The summed E-state index contributed by atoms with van der Waals surface area (Å²) < 4.78 is 33.2. The molecule has 0 amide bonds. The predicted octanol–water partition coefficient (Wildman–Crippen LogP) is 3.17. The van der Waals surface area contributed by atoms with E-state index in [9.17, 15) is 13.6 Å². The fourth-order valence-electron chi connectivity index (χ4n) is 1.33. The largest absolute Gasteiger partial charge is 0.460 e. The summed E-state index contributed by atoms with van der Waals surface area (Å²) in [6, 6.07) is 5.90. The van der Waals surface area contributed by atoms with Crippen LogP contribution in [0, 0.1) is 0 Å². The van der Waals surface area contributed by atoms with Crippen LogP contribution in [0.4, 0.5) is 8.78 Å². The molecule has 0 heterocycles. The minimum Gasteiger partial charge on any atom is -0.460 e. The molecule has 1 rings (SSSR count). The number of ether oxygens (including phenoxy) is 2. The molecule has 18 heavy (non-hydrogen) atoms. The normalized spacial score (nSPS) is 11.4. The average molecular weight is 258 g/mol. The fourth-order valence-corrected chi connectivity index (χ4v) is 1.33. The molecule has 0 aliphatic carbocycles. The van der Waals surface area contributed by atoms with Crippen molar-refractivity contribution in [1.29, 1.82) is 0 Å². The maximum atomic E-state index is 11.9. The van der Waals surface area contributed by atoms with Crippen molar-refractivity contribution in [3.8, 4) is 5.75 Å². The SMILES string of the molecule is CC(C)(C)OC(=O)Cc1ccc(OC(F)F)cc1. The number of carbonyl (C=O) groups is 1. The molecule has 3 nitrogen and oxygen atoms in total. The number of halogens is 2. The minimum atomic E-state index is -2.85. The van der Waals surface area contributed by atoms with Gasteiger partial charge in [-0.25, -0.2) is 0 Å². The molecule has 0 atom stereocenters. The van der Waals surface area contributed by atoms with Crippen molar-refractivity contribution in [3.63, 3.8) is 0 Å². The summed E-state index contributed by atoms with van der Waals surface area (Å²) in [5.74, 6) is -0.289. The van der Waals surface area contributed by atoms with Gasteiger partial charge in [0.05, 0.1) is 6.42 Å². The Labute approximate surface area is 105 Å². The molecule has 0 N–H and O–H groups in total. The smallest absolute Gasteiger partial charge is 0.387 e. The van der Waals surface area contributed by atoms with Crippen molar-refractivity contribution in [1.82, 2.24) is 0 Å². The van der Waals surface area contributed by atoms with Crippen LogP contribution in [0.2, 0.25) is 0 Å². The van der Waals surface area contributed by atoms with Crippen molar-refractivity contribution in [2.75, 3.05) is 0 Å². The summed E-state index contributed by atoms with van der Waals surface area (Å²) in [7, 11) is 0. The minimum absolute atomic E-state index is 0.0675. The third kappa shape index (κ3) is 5.61. The molecule has 0 radical (unpaired) electrons. The van der Waals surface area contributed by atoms with Gasteiger partial charge in [-0.3, -0.25) is 4.79 Å². The number of hydrogen-bond donors (Lipinski definition) is 0. The molecule has 100 valence electrons. The molecule has 0 bridgehead atoms. The summed E-state index contributed by atoms with van der Waals surface area (Å²) in [5, 5.41) is 0. The Morgan fingerprint density at radius 3 is 2.22 bits per heavy atom. The molecule has 1 aromatic rings. The maximum Gasteiger partial charge on any atom is 0.387 e. The van der Waals surface area contributed by atoms with E-state index < -0.39 is 12.2 Å². The zero-order chi connectivity index (χ0) is 13.8. The lowest BCUT2D eigenvalue weighted by atomic mass is 10.1. The standard InChI is InChI=1S/C13H16F2O3/c1-13(2,3)18-11(16)8-9-4-6-10(7-5-9)17-12(14)15/h4-7,12H,8H2,1-3H3. The van der Waals surface area contributed by atoms with Gasteiger partial charge in [0.15, 0.2) is 0 Å². The van der Waals surface area contributed by atoms with Crippen molar-refractivity contribution in [2.24, 2.45) is 0 Å². The lowest BCUT2D eigenvalue weighted by molar-refractivity contribution is -0.153. The van der Waals surface area contributed by atoms with Crippen LogP contribution in [0.5, 0.6) is 5.75 Å². The first-order valence-electron chi connectivity index (χ1n) is 5.52. The van der Waals surface area contributed by atoms with Crippen molar-refractivity contribution in [3.05, 3.63) is 29.8 Å². The van der Waals surface area contributed by atoms with Gasteiger partial charge in [-0.15, -0.1) is 0 Å². The maximum absolute atomic E-state index is 11.9. The number of esters is 1. The first kappa shape index (κ1) is 14.4. The quantitative estimate of drug-likeness (QED) is 0.778. The third-order valence-electron chi connectivity index (χ3n) is 1.92. The van der Waals surface area contributed by atoms with Crippen LogP contribution in [0.15, 0.2) is 24.3 Å². The molecular formula is C13H16F2O3. The summed E-state index contributed by atoms with van der Waals surface area (Å²) in [6.45, 7) is 2.50. The van der Waals surface area contributed by atoms with Crippen LogP contribution in [-0.4, -0.2) is 18.2 Å². The second-order valence-corrected chi connectivity index (χ2v) is 4.79. The summed E-state index contributed by atoms with van der Waals surface area (Å²) in [4.78, 5) is 11.5. The Morgan fingerprint density at radius 2 is 1.78 bits per heavy atom. The average Bonchev–Trinajstić information content (AvgIpc) is 2.17. The molecule has 0 unspecified atom stereocenters. The van der Waals surface area contributed by atoms with Gasteiger partial charge in [0.25, 0.3) is 0 Å². The van der Waals surface area contributed by atoms with Crippen LogP contribution in [0.25, 0.3) is 0 Å². The summed E-state index contributed by atoms with van der Waals surface area (Å²) in [5.41, 5.74) is 0.154. The van der Waals surface area contributed by atoms with E-state index in [1.54, 1.807) is 32.9 Å². The predicted molar refractivity (Wildman–Crippen MR) is 62.6 cm³/mol. The van der Waals surface area contributed by atoms with E-state index in [1.807, 2.05) is 0 Å². The molecule has 0 spiro atoms. The second kappa shape index (κ2) is 5.80. The summed E-state index contributed by atoms with van der Waals surface area (Å²) in [6.07, 6.45) is 0.103. The van der Waals surface area contributed by atoms with Gasteiger partial charge >= 0.3 is 12.6 Å². The van der Waals surface area contributed by atoms with E-state index >= 15 is 0 Å². The van der Waals surface area contributed by atoms with Gasteiger partial charge in [0, 0.05) is 0 Å². The van der Waals surface area contributed by atoms with Crippen LogP contribution in [0.3, 0.4) is 0 Å². The van der Waals surface area contributed by atoms with E-state index in [-0.39, 0.29) is 18.1 Å². The highest BCUT2D eigenvalue weighted by atomic mass is 19.3. The van der Waals surface area contributed by atoms with Gasteiger partial charge in [-0.05, 0) is 38.5 Å². The first-order chi connectivity index (χ1) is 8.26. The van der Waals surface area contributed by atoms with Crippen LogP contribution < -0.4 is 4.74 Å². The van der Waals surface area contributed by atoms with E-state index in [1.165, 1.54) is 12.1 Å². The molecule has 5 heteroatoms. The van der Waals surface area contributed by atoms with E-state index in [0.29, 0.717) is 5.56 Å². The highest BCUT2D eigenvalue weighted by Gasteiger charge is 2.16. The highest BCUT2D eigenvalue weighted by Crippen LogP contribution is 2.16. The first-order valence-corrected chi connectivity index (χ1v) is 5.52. The Balaban J connectivity index is 2.56. The second-order valence-electron chi connectivity index (χ2n) is 4.79. The Kier molecular flexibility index (Phi) is 4.64. The number of alkyl halides is 2. The fraction of sp³-hybridized carbons (Fsp3) is 0.462. The highest BCUT2D eigenvalue weighted by molar-refractivity contribution is 5.73. The zero-order valence-corrected chi connectivity index (χ0v) is 10.6. The molecule has 0 fully saturated rings. The molecule has 1 aromatic carbocycles. The van der Waals surface area contributed by atoms with Crippen molar-refractivity contribution < 1.29 is 23.0 Å². The van der Waals surface area contributed by atoms with Crippen molar-refractivity contribution >= 4 is 5.97 Å². The number of rotatable bonds is 4. The Hall–Kier alpha value is -1.65. The molecule has 0 aromatic heterocycles. The van der Waals surface area contributed by atoms with Gasteiger partial charge in [0.2, 0.25) is 0 Å². The molecule has 0 aliphatic heterocycles. The van der Waals surface area contributed by atoms with E-state index in [4.69, 9.17) is 4.74 Å². The van der Waals surface area contributed by atoms with Gasteiger partial charge < -0.3 is 9.47 Å². The topological polar surface area (TPSA) is 35.5 Å². The number of benzene rings is 1. The Bertz CT molecular complexity index is 394. The van der Waals surface area contributed by atoms with Crippen LogP contribution >= 0.6 is 0 Å². The molecular weight excluding hydrogens is 242 g/mol. The molecule has 0 aliphatic rings. The lowest BCUT2D eigenvalue weighted by Crippen LogP contribution is -2.24. The lowest BCUT2D eigenvalue weighted by Gasteiger charge is -2.19. The third-order valence-corrected chi connectivity index (χ3v) is 1.92. The molecule has 0 saturated heterocycles. The van der Waals surface area contributed by atoms with E-state index in [0.717, 1.165) is 0 Å². The van der Waals surface area contributed by atoms with Gasteiger partial charge in [-0.2, -0.15) is 8.78 Å². The number of carbonyl (C=O) groups excluding carboxylic acids is 1. The van der Waals surface area contributed by atoms with Crippen LogP contribution in [-0.2, 0) is 16.0 Å². The zero-order valence-electron chi connectivity index (χ0n) is 10.6. The van der Waals surface area contributed by atoms with E-state index in [2.05, 4.69) is 4.74 Å². The monoisotopic (exact) mass is 258 g/mol. The van der Waals surface area contributed by atoms with Crippen molar-refractivity contribution in [2.45, 2.75) is 39.4 Å². The molecule has 0 saturated carbocycles. The van der Waals surface area contributed by atoms with Crippen LogP contribution in [0.1, 0.15) is 26.3 Å². The number of hydrogen-bond acceptors (Lipinski definition) is 3. The van der Waals surface area contributed by atoms with Gasteiger partial charge in [0.1, 0.15) is 11.4 Å².